The smallest absolute Gasteiger partial charge is 0.253 e. The highest BCUT2D eigenvalue weighted by Crippen LogP contribution is 2.26. The quantitative estimate of drug-likeness (QED) is 0.863. The Hall–Kier alpha value is -2.20. The third-order valence-electron chi connectivity index (χ3n) is 3.21. The molecule has 0 saturated heterocycles. The summed E-state index contributed by atoms with van der Waals surface area (Å²) in [6.45, 7) is 0.390. The second-order valence-electron chi connectivity index (χ2n) is 5.01. The van der Waals surface area contributed by atoms with Gasteiger partial charge >= 0.3 is 0 Å². The molecular weight excluding hydrogens is 269 g/mol. The van der Waals surface area contributed by atoms with Gasteiger partial charge in [0.15, 0.2) is 0 Å². The Kier molecular flexibility index (Phi) is 4.70. The summed E-state index contributed by atoms with van der Waals surface area (Å²) in [5, 5.41) is 0. The maximum atomic E-state index is 13.0. The first-order valence-corrected chi connectivity index (χ1v) is 6.62. The van der Waals surface area contributed by atoms with Crippen molar-refractivity contribution in [3.8, 4) is 11.1 Å². The minimum atomic E-state index is -0.272. The lowest BCUT2D eigenvalue weighted by Crippen LogP contribution is -2.21. The van der Waals surface area contributed by atoms with E-state index in [-0.39, 0.29) is 11.7 Å². The van der Waals surface area contributed by atoms with E-state index in [4.69, 9.17) is 4.74 Å². The summed E-state index contributed by atoms with van der Waals surface area (Å²) in [6.07, 6.45) is 0. The fourth-order valence-corrected chi connectivity index (χ4v) is 2.17. The average Bonchev–Trinajstić information content (AvgIpc) is 2.48. The molecule has 0 aliphatic rings. The molecule has 2 aromatic rings. The Morgan fingerprint density at radius 2 is 1.81 bits per heavy atom. The highest BCUT2D eigenvalue weighted by molar-refractivity contribution is 5.94. The summed E-state index contributed by atoms with van der Waals surface area (Å²) in [5.41, 5.74) is 3.34. The van der Waals surface area contributed by atoms with E-state index in [1.54, 1.807) is 39.4 Å². The van der Waals surface area contributed by atoms with Crippen LogP contribution in [0.4, 0.5) is 4.39 Å². The Balaban J connectivity index is 2.46. The van der Waals surface area contributed by atoms with Crippen LogP contribution in [-0.4, -0.2) is 32.0 Å². The molecule has 2 aromatic carbocycles. The second kappa shape index (κ2) is 6.50. The summed E-state index contributed by atoms with van der Waals surface area (Å²) in [5.74, 6) is -0.329. The van der Waals surface area contributed by atoms with Crippen LogP contribution < -0.4 is 0 Å². The summed E-state index contributed by atoms with van der Waals surface area (Å²) < 4.78 is 18.2. The lowest BCUT2D eigenvalue weighted by atomic mass is 9.97. The zero-order chi connectivity index (χ0) is 15.4. The molecule has 0 bridgehead atoms. The first-order chi connectivity index (χ1) is 10.0. The maximum Gasteiger partial charge on any atom is 0.253 e. The normalized spacial score (nSPS) is 10.5. The molecule has 110 valence electrons. The highest BCUT2D eigenvalue weighted by Gasteiger charge is 2.12. The van der Waals surface area contributed by atoms with Gasteiger partial charge < -0.3 is 9.64 Å². The van der Waals surface area contributed by atoms with Crippen LogP contribution in [0.25, 0.3) is 11.1 Å². The number of rotatable bonds is 4. The first-order valence-electron chi connectivity index (χ1n) is 6.62. The molecule has 4 heteroatoms. The van der Waals surface area contributed by atoms with Gasteiger partial charge in [-0.05, 0) is 41.0 Å². The molecular formula is C17H18FNO2. The van der Waals surface area contributed by atoms with E-state index in [0.29, 0.717) is 12.2 Å². The predicted molar refractivity (Wildman–Crippen MR) is 80.6 cm³/mol. The van der Waals surface area contributed by atoms with Crippen molar-refractivity contribution in [1.82, 2.24) is 4.90 Å². The number of hydrogen-bond acceptors (Lipinski definition) is 2. The van der Waals surface area contributed by atoms with Crippen molar-refractivity contribution in [2.24, 2.45) is 0 Å². The number of nitrogens with zero attached hydrogens (tertiary/aromatic N) is 1. The molecule has 2 rings (SSSR count). The van der Waals surface area contributed by atoms with Crippen LogP contribution in [0.2, 0.25) is 0 Å². The molecule has 3 nitrogen and oxygen atoms in total. The van der Waals surface area contributed by atoms with E-state index in [2.05, 4.69) is 0 Å². The van der Waals surface area contributed by atoms with Crippen molar-refractivity contribution in [2.45, 2.75) is 6.61 Å². The second-order valence-corrected chi connectivity index (χ2v) is 5.01. The van der Waals surface area contributed by atoms with Crippen molar-refractivity contribution < 1.29 is 13.9 Å². The van der Waals surface area contributed by atoms with E-state index in [1.165, 1.54) is 17.0 Å². The Labute approximate surface area is 124 Å². The summed E-state index contributed by atoms with van der Waals surface area (Å²) in [6, 6.07) is 11.8. The number of carbonyl (C=O) groups is 1. The molecule has 0 atom stereocenters. The average molecular weight is 287 g/mol. The van der Waals surface area contributed by atoms with Crippen molar-refractivity contribution >= 4 is 5.91 Å². The minimum absolute atomic E-state index is 0.0574. The standard InChI is InChI=1S/C17H18FNO2/c1-19(2)17(20)13-6-9-16(14(10-13)11-21-3)12-4-7-15(18)8-5-12/h4-10H,11H2,1-3H3. The van der Waals surface area contributed by atoms with Crippen LogP contribution in [0.5, 0.6) is 0 Å². The third-order valence-corrected chi connectivity index (χ3v) is 3.21. The van der Waals surface area contributed by atoms with Crippen molar-refractivity contribution in [3.63, 3.8) is 0 Å². The number of hydrogen-bond donors (Lipinski definition) is 0. The number of amides is 1. The van der Waals surface area contributed by atoms with Gasteiger partial charge in [-0.3, -0.25) is 4.79 Å². The van der Waals surface area contributed by atoms with Crippen molar-refractivity contribution in [2.75, 3.05) is 21.2 Å². The Morgan fingerprint density at radius 1 is 1.14 bits per heavy atom. The molecule has 0 heterocycles. The summed E-state index contributed by atoms with van der Waals surface area (Å²) >= 11 is 0. The van der Waals surface area contributed by atoms with Crippen LogP contribution in [0, 0.1) is 5.82 Å². The molecule has 0 saturated carbocycles. The third kappa shape index (κ3) is 3.47. The number of carbonyl (C=O) groups excluding carboxylic acids is 1. The molecule has 21 heavy (non-hydrogen) atoms. The van der Waals surface area contributed by atoms with Crippen LogP contribution in [-0.2, 0) is 11.3 Å². The monoisotopic (exact) mass is 287 g/mol. The largest absolute Gasteiger partial charge is 0.380 e. The van der Waals surface area contributed by atoms with E-state index in [9.17, 15) is 9.18 Å². The van der Waals surface area contributed by atoms with Crippen LogP contribution in [0.3, 0.4) is 0 Å². The number of methoxy groups -OCH3 is 1. The first kappa shape index (κ1) is 15.2. The Bertz CT molecular complexity index is 636. The topological polar surface area (TPSA) is 29.5 Å². The lowest BCUT2D eigenvalue weighted by Gasteiger charge is -2.14. The van der Waals surface area contributed by atoms with Crippen LogP contribution in [0.1, 0.15) is 15.9 Å². The van der Waals surface area contributed by atoms with E-state index < -0.39 is 0 Å². The molecule has 1 amide bonds. The zero-order valence-electron chi connectivity index (χ0n) is 12.4. The van der Waals surface area contributed by atoms with E-state index in [0.717, 1.165) is 16.7 Å². The van der Waals surface area contributed by atoms with Gasteiger partial charge in [-0.25, -0.2) is 4.39 Å². The van der Waals surface area contributed by atoms with Gasteiger partial charge in [0.25, 0.3) is 5.91 Å². The minimum Gasteiger partial charge on any atom is -0.380 e. The van der Waals surface area contributed by atoms with Gasteiger partial charge in [-0.15, -0.1) is 0 Å². The fourth-order valence-electron chi connectivity index (χ4n) is 2.17. The van der Waals surface area contributed by atoms with Gasteiger partial charge in [0.2, 0.25) is 0 Å². The molecule has 0 aromatic heterocycles. The molecule has 0 unspecified atom stereocenters. The van der Waals surface area contributed by atoms with Gasteiger partial charge in [0, 0.05) is 26.8 Å². The van der Waals surface area contributed by atoms with Gasteiger partial charge in [0.1, 0.15) is 5.82 Å². The zero-order valence-corrected chi connectivity index (χ0v) is 12.4. The summed E-state index contributed by atoms with van der Waals surface area (Å²) in [4.78, 5) is 13.6. The number of benzene rings is 2. The molecule has 0 aliphatic heterocycles. The molecule has 0 spiro atoms. The molecule has 0 aliphatic carbocycles. The summed E-state index contributed by atoms with van der Waals surface area (Å²) in [7, 11) is 5.04. The molecule has 0 fully saturated rings. The maximum absolute atomic E-state index is 13.0. The van der Waals surface area contributed by atoms with Gasteiger partial charge in [0.05, 0.1) is 6.61 Å². The van der Waals surface area contributed by atoms with Gasteiger partial charge in [-0.1, -0.05) is 18.2 Å². The van der Waals surface area contributed by atoms with E-state index >= 15 is 0 Å². The van der Waals surface area contributed by atoms with Gasteiger partial charge in [-0.2, -0.15) is 0 Å². The fraction of sp³-hybridized carbons (Fsp3) is 0.235. The van der Waals surface area contributed by atoms with Crippen molar-refractivity contribution in [3.05, 3.63) is 59.4 Å². The Morgan fingerprint density at radius 3 is 2.38 bits per heavy atom. The SMILES string of the molecule is COCc1cc(C(=O)N(C)C)ccc1-c1ccc(F)cc1. The number of ether oxygens (including phenoxy) is 1. The predicted octanol–water partition coefficient (Wildman–Crippen LogP) is 3.34. The van der Waals surface area contributed by atoms with E-state index in [1.807, 2.05) is 12.1 Å². The molecule has 0 N–H and O–H groups in total. The lowest BCUT2D eigenvalue weighted by molar-refractivity contribution is 0.0827. The van der Waals surface area contributed by atoms with Crippen molar-refractivity contribution in [1.29, 1.82) is 0 Å². The molecule has 0 radical (unpaired) electrons. The highest BCUT2D eigenvalue weighted by atomic mass is 19.1. The van der Waals surface area contributed by atoms with Crippen LogP contribution >= 0.6 is 0 Å². The van der Waals surface area contributed by atoms with Crippen LogP contribution in [0.15, 0.2) is 42.5 Å². The number of halogens is 1.